The highest BCUT2D eigenvalue weighted by Crippen LogP contribution is 2.27. The van der Waals surface area contributed by atoms with E-state index < -0.39 is 0 Å². The first kappa shape index (κ1) is 15.8. The summed E-state index contributed by atoms with van der Waals surface area (Å²) in [5, 5.41) is 7.59. The van der Waals surface area contributed by atoms with Gasteiger partial charge in [-0.2, -0.15) is 0 Å². The van der Waals surface area contributed by atoms with Crippen molar-refractivity contribution in [1.82, 2.24) is 15.5 Å². The molecule has 1 aliphatic heterocycles. The lowest BCUT2D eigenvalue weighted by atomic mass is 10.1. The van der Waals surface area contributed by atoms with Crippen molar-refractivity contribution in [2.75, 3.05) is 13.2 Å². The van der Waals surface area contributed by atoms with Gasteiger partial charge in [0.25, 0.3) is 11.6 Å². The SMILES string of the molecule is Cc1noc2nc(-c3ccccc3)cc(C(=O)NCC3CCCO3)c12. The first-order valence-electron chi connectivity index (χ1n) is 8.44. The van der Waals surface area contributed by atoms with Gasteiger partial charge in [0, 0.05) is 18.7 Å². The standard InChI is InChI=1S/C19H19N3O3/c1-12-17-15(18(23)20-11-14-8-5-9-24-14)10-16(21-19(17)25-22-12)13-6-3-2-4-7-13/h2-4,6-7,10,14H,5,8-9,11H2,1H3,(H,20,23). The van der Waals surface area contributed by atoms with Crippen molar-refractivity contribution in [3.8, 4) is 11.3 Å². The van der Waals surface area contributed by atoms with Crippen LogP contribution in [0.3, 0.4) is 0 Å². The van der Waals surface area contributed by atoms with Gasteiger partial charge in [-0.15, -0.1) is 0 Å². The van der Waals surface area contributed by atoms with Crippen LogP contribution in [0.2, 0.25) is 0 Å². The number of amides is 1. The van der Waals surface area contributed by atoms with Crippen molar-refractivity contribution in [2.45, 2.75) is 25.9 Å². The summed E-state index contributed by atoms with van der Waals surface area (Å²) in [6.45, 7) is 3.09. The first-order chi connectivity index (χ1) is 12.2. The number of rotatable bonds is 4. The van der Waals surface area contributed by atoms with E-state index in [0.29, 0.717) is 34.6 Å². The van der Waals surface area contributed by atoms with Crippen LogP contribution in [-0.4, -0.2) is 35.3 Å². The van der Waals surface area contributed by atoms with E-state index in [1.165, 1.54) is 0 Å². The minimum atomic E-state index is -0.161. The summed E-state index contributed by atoms with van der Waals surface area (Å²) in [6, 6.07) is 11.5. The maximum Gasteiger partial charge on any atom is 0.259 e. The van der Waals surface area contributed by atoms with Gasteiger partial charge in [-0.25, -0.2) is 4.98 Å². The fourth-order valence-corrected chi connectivity index (χ4v) is 3.14. The van der Waals surface area contributed by atoms with Crippen LogP contribution in [0.4, 0.5) is 0 Å². The van der Waals surface area contributed by atoms with Crippen molar-refractivity contribution in [3.05, 3.63) is 47.7 Å². The molecule has 0 radical (unpaired) electrons. The molecule has 1 saturated heterocycles. The average Bonchev–Trinajstić information content (AvgIpc) is 3.30. The molecule has 25 heavy (non-hydrogen) atoms. The summed E-state index contributed by atoms with van der Waals surface area (Å²) in [4.78, 5) is 17.3. The van der Waals surface area contributed by atoms with Gasteiger partial charge in [0.05, 0.1) is 28.4 Å². The molecule has 3 heterocycles. The summed E-state index contributed by atoms with van der Waals surface area (Å²) in [7, 11) is 0. The molecule has 1 aromatic carbocycles. The van der Waals surface area contributed by atoms with E-state index >= 15 is 0 Å². The summed E-state index contributed by atoms with van der Waals surface area (Å²) in [5.41, 5.74) is 3.17. The van der Waals surface area contributed by atoms with E-state index in [0.717, 1.165) is 25.0 Å². The average molecular weight is 337 g/mol. The summed E-state index contributed by atoms with van der Waals surface area (Å²) in [5.74, 6) is -0.161. The second kappa shape index (κ2) is 6.64. The summed E-state index contributed by atoms with van der Waals surface area (Å²) >= 11 is 0. The van der Waals surface area contributed by atoms with Crippen LogP contribution in [0.25, 0.3) is 22.4 Å². The third-order valence-corrected chi connectivity index (χ3v) is 4.45. The van der Waals surface area contributed by atoms with E-state index in [2.05, 4.69) is 15.5 Å². The monoisotopic (exact) mass is 337 g/mol. The normalized spacial score (nSPS) is 17.1. The molecule has 6 heteroatoms. The highest BCUT2D eigenvalue weighted by molar-refractivity contribution is 6.07. The largest absolute Gasteiger partial charge is 0.376 e. The van der Waals surface area contributed by atoms with E-state index in [4.69, 9.17) is 9.26 Å². The zero-order valence-corrected chi connectivity index (χ0v) is 14.0. The second-order valence-corrected chi connectivity index (χ2v) is 6.21. The van der Waals surface area contributed by atoms with E-state index in [1.54, 1.807) is 6.07 Å². The molecule has 6 nitrogen and oxygen atoms in total. The van der Waals surface area contributed by atoms with Crippen molar-refractivity contribution in [3.63, 3.8) is 0 Å². The van der Waals surface area contributed by atoms with Crippen molar-refractivity contribution >= 4 is 17.0 Å². The number of ether oxygens (including phenoxy) is 1. The molecule has 0 spiro atoms. The van der Waals surface area contributed by atoms with Crippen LogP contribution in [0.5, 0.6) is 0 Å². The molecule has 1 fully saturated rings. The molecule has 1 atom stereocenters. The predicted octanol–water partition coefficient (Wildman–Crippen LogP) is 3.11. The number of nitrogens with one attached hydrogen (secondary N) is 1. The topological polar surface area (TPSA) is 77.2 Å². The molecule has 128 valence electrons. The minimum Gasteiger partial charge on any atom is -0.376 e. The maximum absolute atomic E-state index is 12.8. The zero-order chi connectivity index (χ0) is 17.2. The predicted molar refractivity (Wildman–Crippen MR) is 93.3 cm³/mol. The smallest absolute Gasteiger partial charge is 0.259 e. The summed E-state index contributed by atoms with van der Waals surface area (Å²) in [6.07, 6.45) is 2.12. The fourth-order valence-electron chi connectivity index (χ4n) is 3.14. The first-order valence-corrected chi connectivity index (χ1v) is 8.44. The Labute approximate surface area is 145 Å². The number of nitrogens with zero attached hydrogens (tertiary/aromatic N) is 2. The number of carbonyl (C=O) groups excluding carboxylic acids is 1. The van der Waals surface area contributed by atoms with Crippen LogP contribution >= 0.6 is 0 Å². The quantitative estimate of drug-likeness (QED) is 0.791. The van der Waals surface area contributed by atoms with Crippen LogP contribution in [0.15, 0.2) is 40.9 Å². The molecule has 0 bridgehead atoms. The van der Waals surface area contributed by atoms with Crippen LogP contribution in [0, 0.1) is 6.92 Å². The number of carbonyl (C=O) groups is 1. The fraction of sp³-hybridized carbons (Fsp3) is 0.316. The molecular weight excluding hydrogens is 318 g/mol. The van der Waals surface area contributed by atoms with E-state index in [9.17, 15) is 4.79 Å². The maximum atomic E-state index is 12.8. The highest BCUT2D eigenvalue weighted by Gasteiger charge is 2.21. The van der Waals surface area contributed by atoms with Gasteiger partial charge in [-0.3, -0.25) is 4.79 Å². The number of aromatic nitrogens is 2. The molecule has 2 aromatic heterocycles. The Morgan fingerprint density at radius 3 is 2.92 bits per heavy atom. The zero-order valence-electron chi connectivity index (χ0n) is 14.0. The number of aryl methyl sites for hydroxylation is 1. The Balaban J connectivity index is 1.70. The number of hydrogen-bond acceptors (Lipinski definition) is 5. The van der Waals surface area contributed by atoms with E-state index in [-0.39, 0.29) is 12.0 Å². The van der Waals surface area contributed by atoms with Gasteiger partial charge in [-0.05, 0) is 25.8 Å². The van der Waals surface area contributed by atoms with Crippen LogP contribution in [-0.2, 0) is 4.74 Å². The molecule has 1 amide bonds. The van der Waals surface area contributed by atoms with Crippen molar-refractivity contribution < 1.29 is 14.1 Å². The van der Waals surface area contributed by atoms with E-state index in [1.807, 2.05) is 37.3 Å². The van der Waals surface area contributed by atoms with Crippen molar-refractivity contribution in [2.24, 2.45) is 0 Å². The van der Waals surface area contributed by atoms with Crippen LogP contribution < -0.4 is 5.32 Å². The summed E-state index contributed by atoms with van der Waals surface area (Å²) < 4.78 is 10.9. The van der Waals surface area contributed by atoms with Gasteiger partial charge in [0.2, 0.25) is 0 Å². The number of benzene rings is 1. The lowest BCUT2D eigenvalue weighted by Crippen LogP contribution is -2.32. The molecule has 4 rings (SSSR count). The number of hydrogen-bond donors (Lipinski definition) is 1. The lowest BCUT2D eigenvalue weighted by molar-refractivity contribution is 0.0859. The molecule has 0 aliphatic carbocycles. The highest BCUT2D eigenvalue weighted by atomic mass is 16.5. The molecule has 1 aliphatic rings. The van der Waals surface area contributed by atoms with Crippen molar-refractivity contribution in [1.29, 1.82) is 0 Å². The molecule has 3 aromatic rings. The van der Waals surface area contributed by atoms with Gasteiger partial charge < -0.3 is 14.6 Å². The molecular formula is C19H19N3O3. The van der Waals surface area contributed by atoms with Gasteiger partial charge in [0.15, 0.2) is 0 Å². The second-order valence-electron chi connectivity index (χ2n) is 6.21. The van der Waals surface area contributed by atoms with Gasteiger partial charge in [0.1, 0.15) is 0 Å². The molecule has 0 saturated carbocycles. The van der Waals surface area contributed by atoms with Crippen LogP contribution in [0.1, 0.15) is 28.9 Å². The Bertz CT molecular complexity index is 899. The minimum absolute atomic E-state index is 0.0958. The Kier molecular flexibility index (Phi) is 4.19. The number of pyridine rings is 1. The Morgan fingerprint density at radius 1 is 1.32 bits per heavy atom. The molecule has 1 N–H and O–H groups in total. The number of fused-ring (bicyclic) bond motifs is 1. The third-order valence-electron chi connectivity index (χ3n) is 4.45. The Morgan fingerprint density at radius 2 is 2.16 bits per heavy atom. The van der Waals surface area contributed by atoms with Gasteiger partial charge >= 0.3 is 0 Å². The molecule has 1 unspecified atom stereocenters. The van der Waals surface area contributed by atoms with Gasteiger partial charge in [-0.1, -0.05) is 35.5 Å². The Hall–Kier alpha value is -2.73. The lowest BCUT2D eigenvalue weighted by Gasteiger charge is -2.12. The third kappa shape index (κ3) is 3.13.